The van der Waals surface area contributed by atoms with Gasteiger partial charge in [0, 0.05) is 37.0 Å². The van der Waals surface area contributed by atoms with E-state index < -0.39 is 13.0 Å². The van der Waals surface area contributed by atoms with Gasteiger partial charge in [-0.1, -0.05) is 0 Å². The Morgan fingerprint density at radius 3 is 2.68 bits per heavy atom. The Hall–Kier alpha value is -1.31. The van der Waals surface area contributed by atoms with E-state index in [9.17, 15) is 13.6 Å². The molecule has 1 aliphatic carbocycles. The van der Waals surface area contributed by atoms with Crippen LogP contribution in [0.3, 0.4) is 0 Å². The summed E-state index contributed by atoms with van der Waals surface area (Å²) in [5.41, 5.74) is 0. The summed E-state index contributed by atoms with van der Waals surface area (Å²) < 4.78 is 28.5. The summed E-state index contributed by atoms with van der Waals surface area (Å²) in [6.07, 6.45) is 2.03. The third-order valence-corrected chi connectivity index (χ3v) is 4.98. The van der Waals surface area contributed by atoms with Crippen LogP contribution in [0.25, 0.3) is 0 Å². The van der Waals surface area contributed by atoms with Crippen LogP contribution in [-0.2, 0) is 4.79 Å². The van der Waals surface area contributed by atoms with Gasteiger partial charge in [-0.05, 0) is 31.6 Å². The minimum atomic E-state index is -2.48. The highest BCUT2D eigenvalue weighted by atomic mass is 32.1. The SMILES string of the molecule is O=C(CC1CCN(c2nc(C3CC3)ns2)CC1)NCC(F)F. The van der Waals surface area contributed by atoms with Crippen LogP contribution >= 0.6 is 11.5 Å². The first-order chi connectivity index (χ1) is 10.6. The smallest absolute Gasteiger partial charge is 0.255 e. The van der Waals surface area contributed by atoms with Crippen LogP contribution in [0.15, 0.2) is 0 Å². The first-order valence-corrected chi connectivity index (χ1v) is 8.52. The number of hydrogen-bond acceptors (Lipinski definition) is 5. The summed E-state index contributed by atoms with van der Waals surface area (Å²) >= 11 is 1.45. The summed E-state index contributed by atoms with van der Waals surface area (Å²) in [7, 11) is 0. The van der Waals surface area contributed by atoms with Crippen molar-refractivity contribution in [1.29, 1.82) is 0 Å². The Morgan fingerprint density at radius 1 is 1.32 bits per heavy atom. The maximum Gasteiger partial charge on any atom is 0.255 e. The number of amides is 1. The molecule has 2 aliphatic rings. The molecule has 1 aliphatic heterocycles. The second-order valence-corrected chi connectivity index (χ2v) is 6.77. The molecule has 1 amide bonds. The Kier molecular flexibility index (Phi) is 4.85. The first-order valence-electron chi connectivity index (χ1n) is 7.75. The molecule has 5 nitrogen and oxygen atoms in total. The number of aromatic nitrogens is 2. The normalized spacial score (nSPS) is 19.7. The van der Waals surface area contributed by atoms with E-state index in [1.165, 1.54) is 24.4 Å². The summed E-state index contributed by atoms with van der Waals surface area (Å²) in [5, 5.41) is 3.25. The van der Waals surface area contributed by atoms with Crippen LogP contribution in [0.1, 0.15) is 43.8 Å². The molecule has 0 aromatic carbocycles. The van der Waals surface area contributed by atoms with Gasteiger partial charge in [-0.25, -0.2) is 13.8 Å². The molecule has 0 spiro atoms. The van der Waals surface area contributed by atoms with Crippen LogP contribution in [-0.4, -0.2) is 41.3 Å². The van der Waals surface area contributed by atoms with Gasteiger partial charge in [-0.15, -0.1) is 0 Å². The largest absolute Gasteiger partial charge is 0.350 e. The van der Waals surface area contributed by atoms with Crippen molar-refractivity contribution >= 4 is 22.6 Å². The third kappa shape index (κ3) is 4.12. The molecule has 22 heavy (non-hydrogen) atoms. The summed E-state index contributed by atoms with van der Waals surface area (Å²) in [6, 6.07) is 0. The fourth-order valence-corrected chi connectivity index (χ4v) is 3.51. The summed E-state index contributed by atoms with van der Waals surface area (Å²) in [5.74, 6) is 1.55. The van der Waals surface area contributed by atoms with Crippen molar-refractivity contribution in [3.63, 3.8) is 0 Å². The average molecular weight is 330 g/mol. The monoisotopic (exact) mass is 330 g/mol. The van der Waals surface area contributed by atoms with E-state index >= 15 is 0 Å². The molecule has 0 radical (unpaired) electrons. The molecule has 0 atom stereocenters. The molecule has 122 valence electrons. The molecule has 1 N–H and O–H groups in total. The van der Waals surface area contributed by atoms with Crippen molar-refractivity contribution < 1.29 is 13.6 Å². The van der Waals surface area contributed by atoms with Crippen LogP contribution in [0.4, 0.5) is 13.9 Å². The number of rotatable bonds is 6. The molecule has 2 fully saturated rings. The number of alkyl halides is 2. The molecule has 1 saturated carbocycles. The lowest BCUT2D eigenvalue weighted by atomic mass is 9.93. The molecular weight excluding hydrogens is 310 g/mol. The number of anilines is 1. The molecule has 1 aromatic rings. The topological polar surface area (TPSA) is 58.1 Å². The highest BCUT2D eigenvalue weighted by molar-refractivity contribution is 7.09. The first kappa shape index (κ1) is 15.6. The Morgan fingerprint density at radius 2 is 2.05 bits per heavy atom. The van der Waals surface area contributed by atoms with Crippen LogP contribution in [0, 0.1) is 5.92 Å². The maximum atomic E-state index is 12.0. The van der Waals surface area contributed by atoms with Gasteiger partial charge in [0.25, 0.3) is 6.43 Å². The fourth-order valence-electron chi connectivity index (χ4n) is 2.72. The minimum absolute atomic E-state index is 0.268. The van der Waals surface area contributed by atoms with Gasteiger partial charge in [0.15, 0.2) is 0 Å². The van der Waals surface area contributed by atoms with E-state index in [1.54, 1.807) is 0 Å². The maximum absolute atomic E-state index is 12.0. The molecule has 2 heterocycles. The van der Waals surface area contributed by atoms with E-state index in [1.807, 2.05) is 0 Å². The van der Waals surface area contributed by atoms with Crippen LogP contribution in [0.2, 0.25) is 0 Å². The minimum Gasteiger partial charge on any atom is -0.350 e. The molecular formula is C14H20F2N4OS. The van der Waals surface area contributed by atoms with Crippen molar-refractivity contribution in [3.8, 4) is 0 Å². The van der Waals surface area contributed by atoms with E-state index in [-0.39, 0.29) is 11.8 Å². The Balaban J connectivity index is 1.42. The van der Waals surface area contributed by atoms with E-state index in [2.05, 4.69) is 19.6 Å². The van der Waals surface area contributed by atoms with Gasteiger partial charge >= 0.3 is 0 Å². The Bertz CT molecular complexity index is 513. The van der Waals surface area contributed by atoms with Crippen molar-refractivity contribution in [2.75, 3.05) is 24.5 Å². The number of carbonyl (C=O) groups excluding carboxylic acids is 1. The number of nitrogens with one attached hydrogen (secondary N) is 1. The highest BCUT2D eigenvalue weighted by Crippen LogP contribution is 2.40. The second kappa shape index (κ2) is 6.85. The molecule has 0 bridgehead atoms. The molecule has 0 unspecified atom stereocenters. The lowest BCUT2D eigenvalue weighted by Gasteiger charge is -2.31. The zero-order chi connectivity index (χ0) is 15.5. The predicted molar refractivity (Wildman–Crippen MR) is 80.5 cm³/mol. The molecule has 8 heteroatoms. The number of halogens is 2. The van der Waals surface area contributed by atoms with E-state index in [0.29, 0.717) is 12.3 Å². The van der Waals surface area contributed by atoms with Crippen LogP contribution < -0.4 is 10.2 Å². The van der Waals surface area contributed by atoms with Gasteiger partial charge in [-0.2, -0.15) is 4.37 Å². The molecule has 3 rings (SSSR count). The second-order valence-electron chi connectivity index (χ2n) is 6.04. The number of piperidine rings is 1. The summed E-state index contributed by atoms with van der Waals surface area (Å²) in [4.78, 5) is 18.4. The predicted octanol–water partition coefficient (Wildman–Crippen LogP) is 2.40. The third-order valence-electron chi connectivity index (χ3n) is 4.19. The number of hydrogen-bond donors (Lipinski definition) is 1. The van der Waals surface area contributed by atoms with E-state index in [4.69, 9.17) is 0 Å². The number of nitrogens with zero attached hydrogens (tertiary/aromatic N) is 3. The lowest BCUT2D eigenvalue weighted by Crippen LogP contribution is -2.36. The summed E-state index contributed by atoms with van der Waals surface area (Å²) in [6.45, 7) is 1.16. The van der Waals surface area contributed by atoms with Crippen LogP contribution in [0.5, 0.6) is 0 Å². The van der Waals surface area contributed by atoms with Crippen molar-refractivity contribution in [3.05, 3.63) is 5.82 Å². The van der Waals surface area contributed by atoms with Gasteiger partial charge in [0.05, 0.1) is 6.54 Å². The standard InChI is InChI=1S/C14H20F2N4OS/c15-11(16)8-17-12(21)7-9-3-5-20(6-4-9)14-18-13(19-22-14)10-1-2-10/h9-11H,1-8H2,(H,17,21). The molecule has 1 aromatic heterocycles. The van der Waals surface area contributed by atoms with E-state index in [0.717, 1.165) is 36.9 Å². The van der Waals surface area contributed by atoms with Crippen molar-refractivity contribution in [2.45, 2.75) is 44.4 Å². The zero-order valence-corrected chi connectivity index (χ0v) is 13.1. The van der Waals surface area contributed by atoms with Crippen molar-refractivity contribution in [2.24, 2.45) is 5.92 Å². The average Bonchev–Trinajstić information content (AvgIpc) is 3.24. The number of carbonyl (C=O) groups is 1. The Labute approximate surface area is 132 Å². The highest BCUT2D eigenvalue weighted by Gasteiger charge is 2.29. The van der Waals surface area contributed by atoms with Gasteiger partial charge in [0.1, 0.15) is 5.82 Å². The van der Waals surface area contributed by atoms with Gasteiger partial charge in [-0.3, -0.25) is 4.79 Å². The van der Waals surface area contributed by atoms with Gasteiger partial charge in [0.2, 0.25) is 11.0 Å². The van der Waals surface area contributed by atoms with Gasteiger partial charge < -0.3 is 10.2 Å². The molecule has 1 saturated heterocycles. The quantitative estimate of drug-likeness (QED) is 0.870. The fraction of sp³-hybridized carbons (Fsp3) is 0.786. The zero-order valence-electron chi connectivity index (χ0n) is 12.3. The van der Waals surface area contributed by atoms with Crippen molar-refractivity contribution in [1.82, 2.24) is 14.7 Å². The lowest BCUT2D eigenvalue weighted by molar-refractivity contribution is -0.122.